The molecule has 1 aliphatic heterocycles. The Labute approximate surface area is 115 Å². The average molecular weight is 289 g/mol. The van der Waals surface area contributed by atoms with Gasteiger partial charge in [0.1, 0.15) is 10.6 Å². The summed E-state index contributed by atoms with van der Waals surface area (Å²) in [6.07, 6.45) is 3.03. The summed E-state index contributed by atoms with van der Waals surface area (Å²) < 4.78 is 28.9. The SMILES string of the molecule is CC1CCCN(C(=O)c2sccc2OC(F)F)CC1. The molecule has 0 spiro atoms. The quantitative estimate of drug-likeness (QED) is 0.850. The molecule has 6 heteroatoms. The minimum Gasteiger partial charge on any atom is -0.433 e. The highest BCUT2D eigenvalue weighted by atomic mass is 32.1. The number of carbonyl (C=O) groups excluding carboxylic acids is 1. The third kappa shape index (κ3) is 3.65. The highest BCUT2D eigenvalue weighted by Gasteiger charge is 2.24. The van der Waals surface area contributed by atoms with E-state index in [1.807, 2.05) is 0 Å². The number of alkyl halides is 2. The van der Waals surface area contributed by atoms with E-state index in [4.69, 9.17) is 0 Å². The molecule has 0 N–H and O–H groups in total. The molecule has 3 nitrogen and oxygen atoms in total. The largest absolute Gasteiger partial charge is 0.433 e. The number of amides is 1. The molecule has 0 bridgehead atoms. The molecule has 0 aromatic carbocycles. The molecule has 2 rings (SSSR count). The van der Waals surface area contributed by atoms with Gasteiger partial charge >= 0.3 is 6.61 Å². The maximum absolute atomic E-state index is 12.3. The van der Waals surface area contributed by atoms with Gasteiger partial charge in [-0.3, -0.25) is 4.79 Å². The van der Waals surface area contributed by atoms with Crippen LogP contribution in [0.5, 0.6) is 5.75 Å². The fourth-order valence-electron chi connectivity index (χ4n) is 2.25. The van der Waals surface area contributed by atoms with Crippen LogP contribution in [0.25, 0.3) is 0 Å². The van der Waals surface area contributed by atoms with Crippen LogP contribution in [0, 0.1) is 5.92 Å². The van der Waals surface area contributed by atoms with Crippen LogP contribution in [-0.4, -0.2) is 30.5 Å². The summed E-state index contributed by atoms with van der Waals surface area (Å²) in [6, 6.07) is 1.42. The van der Waals surface area contributed by atoms with Gasteiger partial charge in [0.05, 0.1) is 0 Å². The van der Waals surface area contributed by atoms with Crippen molar-refractivity contribution in [2.75, 3.05) is 13.1 Å². The van der Waals surface area contributed by atoms with Gasteiger partial charge in [-0.15, -0.1) is 11.3 Å². The number of nitrogens with zero attached hydrogens (tertiary/aromatic N) is 1. The van der Waals surface area contributed by atoms with Gasteiger partial charge in [0.15, 0.2) is 0 Å². The first kappa shape index (κ1) is 14.2. The zero-order valence-electron chi connectivity index (χ0n) is 10.8. The Morgan fingerprint density at radius 2 is 2.26 bits per heavy atom. The Morgan fingerprint density at radius 3 is 3.00 bits per heavy atom. The molecule has 1 unspecified atom stereocenters. The number of hydrogen-bond acceptors (Lipinski definition) is 3. The summed E-state index contributed by atoms with van der Waals surface area (Å²) in [7, 11) is 0. The monoisotopic (exact) mass is 289 g/mol. The smallest absolute Gasteiger partial charge is 0.387 e. The molecular weight excluding hydrogens is 272 g/mol. The molecular formula is C13H17F2NO2S. The van der Waals surface area contributed by atoms with Crippen LogP contribution in [-0.2, 0) is 0 Å². The highest BCUT2D eigenvalue weighted by Crippen LogP contribution is 2.29. The minimum atomic E-state index is -2.90. The fourth-order valence-corrected chi connectivity index (χ4v) is 3.04. The average Bonchev–Trinajstić information content (AvgIpc) is 2.68. The lowest BCUT2D eigenvalue weighted by Gasteiger charge is -2.20. The lowest BCUT2D eigenvalue weighted by molar-refractivity contribution is -0.0499. The highest BCUT2D eigenvalue weighted by molar-refractivity contribution is 7.12. The number of likely N-dealkylation sites (tertiary alicyclic amines) is 1. The lowest BCUT2D eigenvalue weighted by Crippen LogP contribution is -2.31. The molecule has 19 heavy (non-hydrogen) atoms. The van der Waals surface area contributed by atoms with E-state index >= 15 is 0 Å². The predicted molar refractivity (Wildman–Crippen MR) is 69.9 cm³/mol. The summed E-state index contributed by atoms with van der Waals surface area (Å²) in [5, 5.41) is 1.60. The molecule has 106 valence electrons. The van der Waals surface area contributed by atoms with E-state index in [2.05, 4.69) is 11.7 Å². The van der Waals surface area contributed by atoms with Crippen LogP contribution < -0.4 is 4.74 Å². The Morgan fingerprint density at radius 1 is 1.47 bits per heavy atom. The van der Waals surface area contributed by atoms with Crippen molar-refractivity contribution >= 4 is 17.2 Å². The molecule has 1 amide bonds. The molecule has 1 fully saturated rings. The molecule has 0 aliphatic carbocycles. The number of ether oxygens (including phenoxy) is 1. The molecule has 1 aromatic heterocycles. The third-order valence-electron chi connectivity index (χ3n) is 3.34. The first-order chi connectivity index (χ1) is 9.08. The zero-order chi connectivity index (χ0) is 13.8. The van der Waals surface area contributed by atoms with E-state index in [1.165, 1.54) is 6.07 Å². The van der Waals surface area contributed by atoms with Crippen molar-refractivity contribution in [1.29, 1.82) is 0 Å². The standard InChI is InChI=1S/C13H17F2NO2S/c1-9-3-2-6-16(7-4-9)12(17)11-10(5-8-19-11)18-13(14)15/h5,8-9,13H,2-4,6-7H2,1H3. The van der Waals surface area contributed by atoms with Crippen LogP contribution in [0.15, 0.2) is 11.4 Å². The van der Waals surface area contributed by atoms with Gasteiger partial charge in [0.25, 0.3) is 5.91 Å². The second kappa shape index (κ2) is 6.32. The van der Waals surface area contributed by atoms with E-state index in [-0.39, 0.29) is 16.5 Å². The van der Waals surface area contributed by atoms with Crippen molar-refractivity contribution < 1.29 is 18.3 Å². The van der Waals surface area contributed by atoms with E-state index < -0.39 is 6.61 Å². The van der Waals surface area contributed by atoms with Crippen LogP contribution in [0.1, 0.15) is 35.9 Å². The maximum atomic E-state index is 12.3. The van der Waals surface area contributed by atoms with Crippen molar-refractivity contribution in [3.05, 3.63) is 16.3 Å². The second-order valence-electron chi connectivity index (χ2n) is 4.82. The number of carbonyl (C=O) groups is 1. The van der Waals surface area contributed by atoms with Gasteiger partial charge in [-0.05, 0) is 36.6 Å². The van der Waals surface area contributed by atoms with Crippen LogP contribution in [0.2, 0.25) is 0 Å². The Hall–Kier alpha value is -1.17. The normalized spacial score (nSPS) is 20.4. The first-order valence-corrected chi connectivity index (χ1v) is 7.27. The van der Waals surface area contributed by atoms with Crippen molar-refractivity contribution in [3.63, 3.8) is 0 Å². The Kier molecular flexibility index (Phi) is 4.74. The molecule has 1 aliphatic rings. The van der Waals surface area contributed by atoms with Gasteiger partial charge < -0.3 is 9.64 Å². The molecule has 2 heterocycles. The van der Waals surface area contributed by atoms with Crippen molar-refractivity contribution in [3.8, 4) is 5.75 Å². The second-order valence-corrected chi connectivity index (χ2v) is 5.74. The van der Waals surface area contributed by atoms with Gasteiger partial charge in [-0.1, -0.05) is 6.92 Å². The van der Waals surface area contributed by atoms with Gasteiger partial charge in [-0.2, -0.15) is 8.78 Å². The number of thiophene rings is 1. The van der Waals surface area contributed by atoms with E-state index in [9.17, 15) is 13.6 Å². The first-order valence-electron chi connectivity index (χ1n) is 6.39. The van der Waals surface area contributed by atoms with Crippen LogP contribution in [0.3, 0.4) is 0 Å². The van der Waals surface area contributed by atoms with E-state index in [0.29, 0.717) is 19.0 Å². The molecule has 1 saturated heterocycles. The van der Waals surface area contributed by atoms with Crippen molar-refractivity contribution in [1.82, 2.24) is 4.90 Å². The summed E-state index contributed by atoms with van der Waals surface area (Å²) >= 11 is 1.15. The van der Waals surface area contributed by atoms with Crippen LogP contribution >= 0.6 is 11.3 Å². The maximum Gasteiger partial charge on any atom is 0.387 e. The van der Waals surface area contributed by atoms with Crippen LogP contribution in [0.4, 0.5) is 8.78 Å². The Bertz CT molecular complexity index is 436. The van der Waals surface area contributed by atoms with Crippen molar-refractivity contribution in [2.24, 2.45) is 5.92 Å². The zero-order valence-corrected chi connectivity index (χ0v) is 11.6. The molecule has 1 atom stereocenters. The molecule has 0 radical (unpaired) electrons. The summed E-state index contributed by atoms with van der Waals surface area (Å²) in [6.45, 7) is 0.649. The molecule has 0 saturated carbocycles. The lowest BCUT2D eigenvalue weighted by atomic mass is 10.0. The summed E-state index contributed by atoms with van der Waals surface area (Å²) in [4.78, 5) is 14.4. The topological polar surface area (TPSA) is 29.5 Å². The van der Waals surface area contributed by atoms with Gasteiger partial charge in [0.2, 0.25) is 0 Å². The number of rotatable bonds is 3. The fraction of sp³-hybridized carbons (Fsp3) is 0.615. The van der Waals surface area contributed by atoms with E-state index in [0.717, 1.165) is 30.6 Å². The predicted octanol–water partition coefficient (Wildman–Crippen LogP) is 3.61. The number of hydrogen-bond donors (Lipinski definition) is 0. The summed E-state index contributed by atoms with van der Waals surface area (Å²) in [5.41, 5.74) is 0. The van der Waals surface area contributed by atoms with Gasteiger partial charge in [0, 0.05) is 13.1 Å². The van der Waals surface area contributed by atoms with Gasteiger partial charge in [-0.25, -0.2) is 0 Å². The number of halogens is 2. The minimum absolute atomic E-state index is 0.0118. The van der Waals surface area contributed by atoms with E-state index in [1.54, 1.807) is 10.3 Å². The summed E-state index contributed by atoms with van der Waals surface area (Å²) in [5.74, 6) is 0.403. The Balaban J connectivity index is 2.08. The molecule has 1 aromatic rings. The third-order valence-corrected chi connectivity index (χ3v) is 4.23. The van der Waals surface area contributed by atoms with Crippen molar-refractivity contribution in [2.45, 2.75) is 32.8 Å².